The van der Waals surface area contributed by atoms with Crippen LogP contribution in [0.2, 0.25) is 0 Å². The highest BCUT2D eigenvalue weighted by Gasteiger charge is 2.38. The molecule has 0 aliphatic carbocycles. The molecule has 3 atom stereocenters. The molecule has 27 heavy (non-hydrogen) atoms. The summed E-state index contributed by atoms with van der Waals surface area (Å²) in [6.45, 7) is 2.13. The van der Waals surface area contributed by atoms with Crippen molar-refractivity contribution in [2.24, 2.45) is 5.92 Å². The summed E-state index contributed by atoms with van der Waals surface area (Å²) >= 11 is 0. The first-order valence-electron chi connectivity index (χ1n) is 10.1. The molecule has 1 N–H and O–H groups in total. The van der Waals surface area contributed by atoms with Gasteiger partial charge in [-0.15, -0.1) is 0 Å². The Labute approximate surface area is 160 Å². The Morgan fingerprint density at radius 2 is 1.74 bits per heavy atom. The maximum absolute atomic E-state index is 13.0. The predicted octanol–water partition coefficient (Wildman–Crippen LogP) is 3.28. The number of piperidine rings is 3. The number of benzene rings is 2. The van der Waals surface area contributed by atoms with E-state index in [1.807, 2.05) is 18.2 Å². The number of nitrogens with zero attached hydrogens (tertiary/aromatic N) is 1. The van der Waals surface area contributed by atoms with Gasteiger partial charge in [0.15, 0.2) is 6.23 Å². The Balaban J connectivity index is 1.37. The molecule has 140 valence electrons. The lowest BCUT2D eigenvalue weighted by molar-refractivity contribution is -0.173. The van der Waals surface area contributed by atoms with E-state index < -0.39 is 0 Å². The fourth-order valence-electron chi connectivity index (χ4n) is 4.89. The molecule has 2 bridgehead atoms. The summed E-state index contributed by atoms with van der Waals surface area (Å²) in [5.41, 5.74) is 3.67. The molecule has 3 unspecified atom stereocenters. The van der Waals surface area contributed by atoms with E-state index in [-0.39, 0.29) is 24.3 Å². The summed E-state index contributed by atoms with van der Waals surface area (Å²) in [7, 11) is 0. The van der Waals surface area contributed by atoms with Crippen LogP contribution >= 0.6 is 0 Å². The van der Waals surface area contributed by atoms with Crippen LogP contribution in [0.15, 0.2) is 54.6 Å². The molecule has 3 saturated heterocycles. The van der Waals surface area contributed by atoms with E-state index >= 15 is 0 Å². The number of fused-ring (bicyclic) bond motifs is 4. The van der Waals surface area contributed by atoms with Gasteiger partial charge in [0.2, 0.25) is 0 Å². The topological polar surface area (TPSA) is 41.6 Å². The summed E-state index contributed by atoms with van der Waals surface area (Å²) < 4.78 is 5.99. The lowest BCUT2D eigenvalue weighted by Crippen LogP contribution is -2.53. The van der Waals surface area contributed by atoms with Gasteiger partial charge in [-0.1, -0.05) is 54.6 Å². The quantitative estimate of drug-likeness (QED) is 0.851. The number of nitrogens with one attached hydrogen (secondary N) is 1. The normalized spacial score (nSPS) is 31.9. The van der Waals surface area contributed by atoms with Crippen LogP contribution in [0, 0.1) is 5.92 Å². The molecule has 4 nitrogen and oxygen atoms in total. The van der Waals surface area contributed by atoms with Gasteiger partial charge in [-0.25, -0.2) is 0 Å². The Morgan fingerprint density at radius 1 is 1.00 bits per heavy atom. The largest absolute Gasteiger partial charge is 0.445 e. The van der Waals surface area contributed by atoms with Crippen LogP contribution in [0.1, 0.15) is 42.0 Å². The molecule has 2 aromatic carbocycles. The molecule has 6 rings (SSSR count). The number of hydrogen-bond acceptors (Lipinski definition) is 4. The maximum Gasteiger partial charge on any atom is 0.325 e. The zero-order chi connectivity index (χ0) is 18.2. The molecule has 0 saturated carbocycles. The SMILES string of the molecule is O=C(OC1CC2CCN1CC2)C1Cc2ccccc2C(c2ccccc2)N1. The Bertz CT molecular complexity index is 814. The zero-order valence-electron chi connectivity index (χ0n) is 15.5. The van der Waals surface area contributed by atoms with E-state index in [0.717, 1.165) is 25.4 Å². The molecule has 0 spiro atoms. The van der Waals surface area contributed by atoms with Crippen LogP contribution in [0.25, 0.3) is 0 Å². The number of hydrogen-bond donors (Lipinski definition) is 1. The van der Waals surface area contributed by atoms with Gasteiger partial charge in [-0.05, 0) is 41.9 Å². The third-order valence-corrected chi connectivity index (χ3v) is 6.42. The van der Waals surface area contributed by atoms with Crippen LogP contribution in [-0.2, 0) is 16.0 Å². The highest BCUT2D eigenvalue weighted by Crippen LogP contribution is 2.34. The highest BCUT2D eigenvalue weighted by atomic mass is 16.6. The Hall–Kier alpha value is -2.17. The summed E-state index contributed by atoms with van der Waals surface area (Å²) in [4.78, 5) is 15.4. The van der Waals surface area contributed by atoms with Crippen molar-refractivity contribution in [2.75, 3.05) is 13.1 Å². The van der Waals surface area contributed by atoms with Gasteiger partial charge in [-0.2, -0.15) is 0 Å². The first-order chi connectivity index (χ1) is 13.3. The zero-order valence-corrected chi connectivity index (χ0v) is 15.5. The fraction of sp³-hybridized carbons (Fsp3) is 0.435. The summed E-state index contributed by atoms with van der Waals surface area (Å²) in [5.74, 6) is 0.618. The van der Waals surface area contributed by atoms with E-state index in [1.54, 1.807) is 0 Å². The van der Waals surface area contributed by atoms with Crippen LogP contribution < -0.4 is 5.32 Å². The van der Waals surface area contributed by atoms with Gasteiger partial charge in [0.1, 0.15) is 6.04 Å². The van der Waals surface area contributed by atoms with E-state index in [0.29, 0.717) is 6.42 Å². The average Bonchev–Trinajstić information content (AvgIpc) is 2.74. The smallest absolute Gasteiger partial charge is 0.325 e. The molecule has 0 radical (unpaired) electrons. The number of rotatable bonds is 3. The predicted molar refractivity (Wildman–Crippen MR) is 104 cm³/mol. The minimum Gasteiger partial charge on any atom is -0.445 e. The van der Waals surface area contributed by atoms with Crippen molar-refractivity contribution in [1.29, 1.82) is 0 Å². The minimum atomic E-state index is -0.299. The number of esters is 1. The third kappa shape index (κ3) is 3.28. The second-order valence-corrected chi connectivity index (χ2v) is 8.07. The molecular formula is C23H26N2O2. The Kier molecular flexibility index (Phi) is 4.46. The van der Waals surface area contributed by atoms with Gasteiger partial charge in [0, 0.05) is 19.5 Å². The molecule has 2 aromatic rings. The molecule has 3 fully saturated rings. The molecule has 4 aliphatic rings. The van der Waals surface area contributed by atoms with Crippen molar-refractivity contribution < 1.29 is 9.53 Å². The lowest BCUT2D eigenvalue weighted by Gasteiger charge is -2.45. The van der Waals surface area contributed by atoms with E-state index in [9.17, 15) is 4.79 Å². The van der Waals surface area contributed by atoms with Crippen molar-refractivity contribution in [3.8, 4) is 0 Å². The van der Waals surface area contributed by atoms with Gasteiger partial charge in [0.25, 0.3) is 0 Å². The average molecular weight is 362 g/mol. The summed E-state index contributed by atoms with van der Waals surface area (Å²) in [6.07, 6.45) is 4.16. The number of ether oxygens (including phenoxy) is 1. The van der Waals surface area contributed by atoms with E-state index in [2.05, 4.69) is 46.6 Å². The van der Waals surface area contributed by atoms with Crippen LogP contribution in [0.3, 0.4) is 0 Å². The first kappa shape index (κ1) is 17.0. The minimum absolute atomic E-state index is 0.0248. The van der Waals surface area contributed by atoms with E-state index in [4.69, 9.17) is 4.74 Å². The molecule has 0 amide bonds. The lowest BCUT2D eigenvalue weighted by atomic mass is 9.86. The van der Waals surface area contributed by atoms with Gasteiger partial charge < -0.3 is 4.74 Å². The third-order valence-electron chi connectivity index (χ3n) is 6.42. The fourth-order valence-corrected chi connectivity index (χ4v) is 4.89. The number of carbonyl (C=O) groups is 1. The molecule has 4 heterocycles. The highest BCUT2D eigenvalue weighted by molar-refractivity contribution is 5.77. The monoisotopic (exact) mass is 362 g/mol. The van der Waals surface area contributed by atoms with Crippen molar-refractivity contribution in [3.05, 3.63) is 71.3 Å². The van der Waals surface area contributed by atoms with Gasteiger partial charge in [-0.3, -0.25) is 15.0 Å². The van der Waals surface area contributed by atoms with Crippen molar-refractivity contribution in [1.82, 2.24) is 10.2 Å². The molecular weight excluding hydrogens is 336 g/mol. The first-order valence-corrected chi connectivity index (χ1v) is 10.1. The van der Waals surface area contributed by atoms with Crippen LogP contribution in [0.5, 0.6) is 0 Å². The van der Waals surface area contributed by atoms with Crippen molar-refractivity contribution in [3.63, 3.8) is 0 Å². The molecule has 4 aliphatic heterocycles. The maximum atomic E-state index is 13.0. The van der Waals surface area contributed by atoms with Crippen LogP contribution in [0.4, 0.5) is 0 Å². The van der Waals surface area contributed by atoms with Crippen LogP contribution in [-0.4, -0.2) is 36.2 Å². The van der Waals surface area contributed by atoms with Gasteiger partial charge in [0.05, 0.1) is 6.04 Å². The van der Waals surface area contributed by atoms with E-state index in [1.165, 1.54) is 29.5 Å². The molecule has 0 aromatic heterocycles. The second-order valence-electron chi connectivity index (χ2n) is 8.07. The standard InChI is InChI=1S/C23H26N2O2/c26-23(27-21-14-16-10-12-25(21)13-11-16)20-15-18-8-4-5-9-19(18)22(24-20)17-6-2-1-3-7-17/h1-9,16,20-22,24H,10-15H2. The number of carbonyl (C=O) groups excluding carboxylic acids is 1. The van der Waals surface area contributed by atoms with Crippen molar-refractivity contribution in [2.45, 2.75) is 44.0 Å². The summed E-state index contributed by atoms with van der Waals surface area (Å²) in [5, 5.41) is 3.57. The van der Waals surface area contributed by atoms with Crippen molar-refractivity contribution >= 4 is 5.97 Å². The molecule has 4 heteroatoms. The second kappa shape index (κ2) is 7.10. The van der Waals surface area contributed by atoms with Gasteiger partial charge >= 0.3 is 5.97 Å². The Morgan fingerprint density at radius 3 is 2.48 bits per heavy atom. The summed E-state index contributed by atoms with van der Waals surface area (Å²) in [6, 6.07) is 18.5.